The van der Waals surface area contributed by atoms with Gasteiger partial charge >= 0.3 is 0 Å². The molecule has 0 aromatic heterocycles. The summed E-state index contributed by atoms with van der Waals surface area (Å²) in [4.78, 5) is 22.0. The highest BCUT2D eigenvalue weighted by molar-refractivity contribution is 5.96. The standard InChI is InChI=1S/C15H14N2O4/c1-10-2-7-13(14(18)8-10)15(19)16-9-11-3-5-12(6-4-11)17(20)21/h2-8,18H,9H2,1H3,(H,16,19). The van der Waals surface area contributed by atoms with Crippen LogP contribution >= 0.6 is 0 Å². The lowest BCUT2D eigenvalue weighted by Gasteiger charge is -2.07. The molecule has 6 nitrogen and oxygen atoms in total. The Morgan fingerprint density at radius 2 is 1.90 bits per heavy atom. The van der Waals surface area contributed by atoms with Gasteiger partial charge in [0.15, 0.2) is 0 Å². The molecule has 0 fully saturated rings. The van der Waals surface area contributed by atoms with Crippen molar-refractivity contribution in [2.75, 3.05) is 0 Å². The number of nitrogens with one attached hydrogen (secondary N) is 1. The monoisotopic (exact) mass is 286 g/mol. The molecule has 2 N–H and O–H groups in total. The van der Waals surface area contributed by atoms with Crippen LogP contribution in [0.2, 0.25) is 0 Å². The Morgan fingerprint density at radius 1 is 1.24 bits per heavy atom. The van der Waals surface area contributed by atoms with Crippen LogP contribution in [0.3, 0.4) is 0 Å². The summed E-state index contributed by atoms with van der Waals surface area (Å²) in [5, 5.41) is 22.9. The molecule has 0 saturated heterocycles. The molecule has 6 heteroatoms. The van der Waals surface area contributed by atoms with Gasteiger partial charge in [-0.25, -0.2) is 0 Å². The molecule has 0 atom stereocenters. The van der Waals surface area contributed by atoms with Gasteiger partial charge < -0.3 is 10.4 Å². The van der Waals surface area contributed by atoms with Crippen molar-refractivity contribution in [3.05, 3.63) is 69.3 Å². The van der Waals surface area contributed by atoms with Crippen molar-refractivity contribution in [3.8, 4) is 5.75 Å². The number of nitro benzene ring substituents is 1. The van der Waals surface area contributed by atoms with Gasteiger partial charge in [0.1, 0.15) is 5.75 Å². The molecule has 2 rings (SSSR count). The second-order valence-corrected chi connectivity index (χ2v) is 4.63. The first-order chi connectivity index (χ1) is 9.97. The zero-order valence-electron chi connectivity index (χ0n) is 11.4. The van der Waals surface area contributed by atoms with E-state index in [9.17, 15) is 20.0 Å². The molecule has 1 amide bonds. The van der Waals surface area contributed by atoms with E-state index in [-0.39, 0.29) is 23.5 Å². The second kappa shape index (κ2) is 6.04. The van der Waals surface area contributed by atoms with Crippen LogP contribution in [0.1, 0.15) is 21.5 Å². The molecule has 0 bridgehead atoms. The molecule has 2 aromatic rings. The van der Waals surface area contributed by atoms with Crippen LogP contribution in [0.5, 0.6) is 5.75 Å². The van der Waals surface area contributed by atoms with Crippen molar-refractivity contribution >= 4 is 11.6 Å². The van der Waals surface area contributed by atoms with E-state index in [4.69, 9.17) is 0 Å². The van der Waals surface area contributed by atoms with Crippen LogP contribution in [-0.4, -0.2) is 15.9 Å². The molecule has 0 spiro atoms. The van der Waals surface area contributed by atoms with E-state index in [0.717, 1.165) is 11.1 Å². The number of non-ortho nitro benzene ring substituents is 1. The summed E-state index contributed by atoms with van der Waals surface area (Å²) >= 11 is 0. The molecule has 0 aliphatic carbocycles. The van der Waals surface area contributed by atoms with E-state index in [1.165, 1.54) is 18.2 Å². The van der Waals surface area contributed by atoms with Gasteiger partial charge in [-0.3, -0.25) is 14.9 Å². The Balaban J connectivity index is 2.02. The van der Waals surface area contributed by atoms with Crippen molar-refractivity contribution in [1.29, 1.82) is 0 Å². The normalized spacial score (nSPS) is 10.1. The predicted octanol–water partition coefficient (Wildman–Crippen LogP) is 2.54. The van der Waals surface area contributed by atoms with Gasteiger partial charge in [0.2, 0.25) is 0 Å². The number of carbonyl (C=O) groups excluding carboxylic acids is 1. The summed E-state index contributed by atoms with van der Waals surface area (Å²) in [6.07, 6.45) is 0. The van der Waals surface area contributed by atoms with Gasteiger partial charge in [-0.1, -0.05) is 18.2 Å². The van der Waals surface area contributed by atoms with Crippen molar-refractivity contribution in [2.24, 2.45) is 0 Å². The lowest BCUT2D eigenvalue weighted by molar-refractivity contribution is -0.384. The SMILES string of the molecule is Cc1ccc(C(=O)NCc2ccc([N+](=O)[O-])cc2)c(O)c1. The summed E-state index contributed by atoms with van der Waals surface area (Å²) in [5.41, 5.74) is 1.80. The number of benzene rings is 2. The predicted molar refractivity (Wildman–Crippen MR) is 77.1 cm³/mol. The minimum atomic E-state index is -0.479. The first-order valence-electron chi connectivity index (χ1n) is 6.28. The van der Waals surface area contributed by atoms with E-state index < -0.39 is 10.8 Å². The average Bonchev–Trinajstić information content (AvgIpc) is 2.45. The molecule has 108 valence electrons. The van der Waals surface area contributed by atoms with Crippen LogP contribution in [0.4, 0.5) is 5.69 Å². The van der Waals surface area contributed by atoms with Gasteiger partial charge in [0.25, 0.3) is 11.6 Å². The number of phenols is 1. The molecule has 0 radical (unpaired) electrons. The van der Waals surface area contributed by atoms with Gasteiger partial charge in [-0.15, -0.1) is 0 Å². The molecule has 0 aliphatic heterocycles. The van der Waals surface area contributed by atoms with E-state index in [0.29, 0.717) is 0 Å². The van der Waals surface area contributed by atoms with Crippen LogP contribution in [0.25, 0.3) is 0 Å². The number of nitro groups is 1. The van der Waals surface area contributed by atoms with Crippen molar-refractivity contribution in [3.63, 3.8) is 0 Å². The summed E-state index contributed by atoms with van der Waals surface area (Å²) in [6.45, 7) is 2.04. The number of phenolic OH excluding ortho intramolecular Hbond substituents is 1. The lowest BCUT2D eigenvalue weighted by Crippen LogP contribution is -2.22. The molecule has 21 heavy (non-hydrogen) atoms. The topological polar surface area (TPSA) is 92.5 Å². The lowest BCUT2D eigenvalue weighted by atomic mass is 10.1. The Kier molecular flexibility index (Phi) is 4.18. The summed E-state index contributed by atoms with van der Waals surface area (Å²) in [6, 6.07) is 10.7. The molecule has 0 aliphatic rings. The summed E-state index contributed by atoms with van der Waals surface area (Å²) in [5.74, 6) is -0.470. The second-order valence-electron chi connectivity index (χ2n) is 4.63. The number of nitrogens with zero attached hydrogens (tertiary/aromatic N) is 1. The zero-order valence-corrected chi connectivity index (χ0v) is 11.4. The first kappa shape index (κ1) is 14.5. The third-order valence-electron chi connectivity index (χ3n) is 3.00. The number of amides is 1. The number of aromatic hydroxyl groups is 1. The third-order valence-corrected chi connectivity index (χ3v) is 3.00. The van der Waals surface area contributed by atoms with Gasteiger partial charge in [0, 0.05) is 18.7 Å². The molecular weight excluding hydrogens is 272 g/mol. The molecule has 0 heterocycles. The summed E-state index contributed by atoms with van der Waals surface area (Å²) < 4.78 is 0. The fourth-order valence-electron chi connectivity index (χ4n) is 1.85. The van der Waals surface area contributed by atoms with Crippen molar-refractivity contribution in [2.45, 2.75) is 13.5 Å². The fraction of sp³-hybridized carbons (Fsp3) is 0.133. The minimum absolute atomic E-state index is 0.00116. The Morgan fingerprint density at radius 3 is 2.48 bits per heavy atom. The maximum absolute atomic E-state index is 11.9. The Hall–Kier alpha value is -2.89. The van der Waals surface area contributed by atoms with Crippen LogP contribution in [0, 0.1) is 17.0 Å². The maximum atomic E-state index is 11.9. The number of hydrogen-bond donors (Lipinski definition) is 2. The van der Waals surface area contributed by atoms with E-state index in [1.807, 2.05) is 6.92 Å². The van der Waals surface area contributed by atoms with Crippen LogP contribution in [-0.2, 0) is 6.54 Å². The number of carbonyl (C=O) groups is 1. The highest BCUT2D eigenvalue weighted by atomic mass is 16.6. The van der Waals surface area contributed by atoms with Crippen LogP contribution < -0.4 is 5.32 Å². The van der Waals surface area contributed by atoms with Crippen molar-refractivity contribution < 1.29 is 14.8 Å². The summed E-state index contributed by atoms with van der Waals surface area (Å²) in [7, 11) is 0. The smallest absolute Gasteiger partial charge is 0.269 e. The van der Waals surface area contributed by atoms with Crippen molar-refractivity contribution in [1.82, 2.24) is 5.32 Å². The Bertz CT molecular complexity index is 681. The van der Waals surface area contributed by atoms with E-state index >= 15 is 0 Å². The quantitative estimate of drug-likeness (QED) is 0.667. The minimum Gasteiger partial charge on any atom is -0.507 e. The van der Waals surface area contributed by atoms with Gasteiger partial charge in [-0.05, 0) is 30.2 Å². The first-order valence-corrected chi connectivity index (χ1v) is 6.28. The molecule has 2 aromatic carbocycles. The third kappa shape index (κ3) is 3.56. The average molecular weight is 286 g/mol. The molecule has 0 unspecified atom stereocenters. The fourth-order valence-corrected chi connectivity index (χ4v) is 1.85. The van der Waals surface area contributed by atoms with Gasteiger partial charge in [0.05, 0.1) is 10.5 Å². The number of aryl methyl sites for hydroxylation is 1. The highest BCUT2D eigenvalue weighted by Gasteiger charge is 2.11. The van der Waals surface area contributed by atoms with E-state index in [2.05, 4.69) is 5.32 Å². The number of rotatable bonds is 4. The number of hydrogen-bond acceptors (Lipinski definition) is 4. The van der Waals surface area contributed by atoms with Crippen LogP contribution in [0.15, 0.2) is 42.5 Å². The molecule has 0 saturated carbocycles. The largest absolute Gasteiger partial charge is 0.507 e. The Labute approximate surface area is 121 Å². The zero-order chi connectivity index (χ0) is 15.4. The highest BCUT2D eigenvalue weighted by Crippen LogP contribution is 2.18. The van der Waals surface area contributed by atoms with E-state index in [1.54, 1.807) is 24.3 Å². The molecular formula is C15H14N2O4. The van der Waals surface area contributed by atoms with Gasteiger partial charge in [-0.2, -0.15) is 0 Å². The maximum Gasteiger partial charge on any atom is 0.269 e.